The summed E-state index contributed by atoms with van der Waals surface area (Å²) in [5.41, 5.74) is 9.18. The van der Waals surface area contributed by atoms with E-state index in [1.54, 1.807) is 0 Å². The minimum absolute atomic E-state index is 0.556. The van der Waals surface area contributed by atoms with Gasteiger partial charge in [-0.15, -0.1) is 0 Å². The molecule has 0 bridgehead atoms. The van der Waals surface area contributed by atoms with Gasteiger partial charge < -0.3 is 10.2 Å². The Balaban J connectivity index is 1.21. The first-order valence-electron chi connectivity index (χ1n) is 14.4. The van der Waals surface area contributed by atoms with Gasteiger partial charge in [0.25, 0.3) is 0 Å². The third-order valence-corrected chi connectivity index (χ3v) is 7.82. The summed E-state index contributed by atoms with van der Waals surface area (Å²) in [5, 5.41) is 3.41. The van der Waals surface area contributed by atoms with E-state index < -0.39 is 0 Å². The fourth-order valence-corrected chi connectivity index (χ4v) is 5.72. The van der Waals surface area contributed by atoms with Gasteiger partial charge in [0, 0.05) is 30.2 Å². The molecule has 202 valence electrons. The number of benzene rings is 3. The maximum absolute atomic E-state index is 5.09. The van der Waals surface area contributed by atoms with Crippen molar-refractivity contribution in [3.8, 4) is 33.8 Å². The van der Waals surface area contributed by atoms with E-state index in [4.69, 9.17) is 9.97 Å². The average molecular weight is 537 g/mol. The van der Waals surface area contributed by atoms with Gasteiger partial charge >= 0.3 is 0 Å². The van der Waals surface area contributed by atoms with Crippen molar-refractivity contribution in [2.45, 2.75) is 19.3 Å². The molecule has 0 saturated carbocycles. The highest BCUT2D eigenvalue weighted by molar-refractivity contribution is 5.89. The van der Waals surface area contributed by atoms with Gasteiger partial charge in [-0.2, -0.15) is 0 Å². The fraction of sp³-hybridized carbons (Fsp3) is 0.171. The molecule has 3 aromatic heterocycles. The molecule has 1 aliphatic heterocycles. The molecular formula is C35H32N6. The molecule has 1 N–H and O–H groups in total. The summed E-state index contributed by atoms with van der Waals surface area (Å²) < 4.78 is 2.11. The summed E-state index contributed by atoms with van der Waals surface area (Å²) >= 11 is 0. The molecule has 41 heavy (non-hydrogen) atoms. The van der Waals surface area contributed by atoms with Crippen LogP contribution in [0.1, 0.15) is 18.4 Å². The van der Waals surface area contributed by atoms with Crippen molar-refractivity contribution in [2.24, 2.45) is 0 Å². The van der Waals surface area contributed by atoms with Gasteiger partial charge in [0.1, 0.15) is 5.65 Å². The van der Waals surface area contributed by atoms with E-state index >= 15 is 0 Å². The molecule has 4 heterocycles. The third-order valence-electron chi connectivity index (χ3n) is 7.82. The Bertz CT molecular complexity index is 1770. The van der Waals surface area contributed by atoms with E-state index in [0.717, 1.165) is 58.1 Å². The molecule has 1 saturated heterocycles. The third kappa shape index (κ3) is 5.34. The zero-order chi connectivity index (χ0) is 27.4. The number of rotatable bonds is 8. The summed E-state index contributed by atoms with van der Waals surface area (Å²) in [6.45, 7) is 3.60. The maximum Gasteiger partial charge on any atom is 0.227 e. The SMILES string of the molecule is c1ccc(-c2ccccc2-c2nc3ccccn3c2-c2ccnc(Nc3ccc(CCN4CCCC4)cc3)n2)cc1. The highest BCUT2D eigenvalue weighted by Crippen LogP contribution is 2.37. The normalized spacial score (nSPS) is 13.6. The van der Waals surface area contributed by atoms with E-state index in [2.05, 4.69) is 92.4 Å². The van der Waals surface area contributed by atoms with Gasteiger partial charge in [0.15, 0.2) is 0 Å². The second-order valence-corrected chi connectivity index (χ2v) is 10.5. The summed E-state index contributed by atoms with van der Waals surface area (Å²) in [4.78, 5) is 17.2. The van der Waals surface area contributed by atoms with Gasteiger partial charge in [-0.05, 0) is 79.4 Å². The molecule has 0 spiro atoms. The number of nitrogens with one attached hydrogen (secondary N) is 1. The number of aromatic nitrogens is 4. The van der Waals surface area contributed by atoms with Gasteiger partial charge in [-0.1, -0.05) is 72.8 Å². The van der Waals surface area contributed by atoms with Crippen LogP contribution in [-0.2, 0) is 6.42 Å². The summed E-state index contributed by atoms with van der Waals surface area (Å²) in [7, 11) is 0. The van der Waals surface area contributed by atoms with Gasteiger partial charge in [0.2, 0.25) is 5.95 Å². The number of likely N-dealkylation sites (tertiary alicyclic amines) is 1. The highest BCUT2D eigenvalue weighted by atomic mass is 15.1. The predicted molar refractivity (Wildman–Crippen MR) is 166 cm³/mol. The van der Waals surface area contributed by atoms with Crippen molar-refractivity contribution in [1.82, 2.24) is 24.3 Å². The van der Waals surface area contributed by atoms with Gasteiger partial charge in [0.05, 0.1) is 17.1 Å². The Morgan fingerprint density at radius 2 is 1.46 bits per heavy atom. The molecule has 6 heteroatoms. The Labute approximate surface area is 240 Å². The quantitative estimate of drug-likeness (QED) is 0.218. The second-order valence-electron chi connectivity index (χ2n) is 10.5. The molecule has 6 aromatic rings. The Hall–Kier alpha value is -4.81. The van der Waals surface area contributed by atoms with Gasteiger partial charge in [-0.25, -0.2) is 15.0 Å². The Kier molecular flexibility index (Phi) is 6.97. The molecule has 3 aromatic carbocycles. The maximum atomic E-state index is 5.09. The van der Waals surface area contributed by atoms with Crippen LogP contribution in [0.3, 0.4) is 0 Å². The zero-order valence-corrected chi connectivity index (χ0v) is 22.9. The smallest absolute Gasteiger partial charge is 0.227 e. The molecule has 1 aliphatic rings. The van der Waals surface area contributed by atoms with Crippen molar-refractivity contribution in [3.63, 3.8) is 0 Å². The molecule has 0 aliphatic carbocycles. The number of hydrogen-bond acceptors (Lipinski definition) is 5. The van der Waals surface area contributed by atoms with Crippen LogP contribution in [-0.4, -0.2) is 43.9 Å². The average Bonchev–Trinajstić information content (AvgIpc) is 3.70. The zero-order valence-electron chi connectivity index (χ0n) is 22.9. The summed E-state index contributed by atoms with van der Waals surface area (Å²) in [6.07, 6.45) is 7.59. The molecule has 0 radical (unpaired) electrons. The number of hydrogen-bond donors (Lipinski definition) is 1. The number of fused-ring (bicyclic) bond motifs is 1. The van der Waals surface area contributed by atoms with Crippen molar-refractivity contribution >= 4 is 17.3 Å². The molecule has 6 nitrogen and oxygen atoms in total. The van der Waals surface area contributed by atoms with Gasteiger partial charge in [-0.3, -0.25) is 4.40 Å². The van der Waals surface area contributed by atoms with E-state index in [-0.39, 0.29) is 0 Å². The van der Waals surface area contributed by atoms with Crippen molar-refractivity contribution in [3.05, 3.63) is 121 Å². The van der Waals surface area contributed by atoms with Crippen LogP contribution in [0.4, 0.5) is 11.6 Å². The fourth-order valence-electron chi connectivity index (χ4n) is 5.72. The number of pyridine rings is 1. The van der Waals surface area contributed by atoms with Crippen LogP contribution in [0, 0.1) is 0 Å². The first-order chi connectivity index (χ1) is 20.3. The molecule has 7 rings (SSSR count). The summed E-state index contributed by atoms with van der Waals surface area (Å²) in [6, 6.07) is 35.5. The van der Waals surface area contributed by atoms with E-state index in [1.807, 2.05) is 42.7 Å². The van der Waals surface area contributed by atoms with E-state index in [9.17, 15) is 0 Å². The van der Waals surface area contributed by atoms with Crippen LogP contribution < -0.4 is 5.32 Å². The largest absolute Gasteiger partial charge is 0.324 e. The predicted octanol–water partition coefficient (Wildman–Crippen LogP) is 7.51. The lowest BCUT2D eigenvalue weighted by atomic mass is 9.96. The second kappa shape index (κ2) is 11.4. The number of nitrogens with zero attached hydrogens (tertiary/aromatic N) is 5. The number of anilines is 2. The van der Waals surface area contributed by atoms with Crippen molar-refractivity contribution in [1.29, 1.82) is 0 Å². The molecular weight excluding hydrogens is 504 g/mol. The lowest BCUT2D eigenvalue weighted by molar-refractivity contribution is 0.343. The Morgan fingerprint density at radius 3 is 2.29 bits per heavy atom. The molecule has 0 unspecified atom stereocenters. The van der Waals surface area contributed by atoms with E-state index in [0.29, 0.717) is 5.95 Å². The van der Waals surface area contributed by atoms with Crippen LogP contribution in [0.15, 0.2) is 116 Å². The minimum Gasteiger partial charge on any atom is -0.324 e. The van der Waals surface area contributed by atoms with Crippen molar-refractivity contribution < 1.29 is 0 Å². The first kappa shape index (κ1) is 25.2. The highest BCUT2D eigenvalue weighted by Gasteiger charge is 2.20. The first-order valence-corrected chi connectivity index (χ1v) is 14.4. The molecule has 0 atom stereocenters. The van der Waals surface area contributed by atoms with Crippen LogP contribution >= 0.6 is 0 Å². The number of imidazole rings is 1. The van der Waals surface area contributed by atoms with Crippen LogP contribution in [0.25, 0.3) is 39.4 Å². The monoisotopic (exact) mass is 536 g/mol. The van der Waals surface area contributed by atoms with Crippen LogP contribution in [0.5, 0.6) is 0 Å². The standard InChI is InChI=1S/C35H32N6/c1-2-10-27(11-3-1)29-12-4-5-13-30(29)33-34(41-24-7-6-14-32(41)39-33)31-19-21-36-35(38-31)37-28-17-15-26(16-18-28)20-25-40-22-8-9-23-40/h1-7,10-19,21,24H,8-9,20,22-23,25H2,(H,36,37,38). The molecule has 1 fully saturated rings. The minimum atomic E-state index is 0.556. The topological polar surface area (TPSA) is 58.4 Å². The lowest BCUT2D eigenvalue weighted by Gasteiger charge is -2.14. The van der Waals surface area contributed by atoms with E-state index in [1.165, 1.54) is 31.5 Å². The van der Waals surface area contributed by atoms with Crippen molar-refractivity contribution in [2.75, 3.05) is 25.0 Å². The van der Waals surface area contributed by atoms with Crippen LogP contribution in [0.2, 0.25) is 0 Å². The molecule has 0 amide bonds. The summed E-state index contributed by atoms with van der Waals surface area (Å²) in [5.74, 6) is 0.556. The Morgan fingerprint density at radius 1 is 0.707 bits per heavy atom. The lowest BCUT2D eigenvalue weighted by Crippen LogP contribution is -2.21.